The molecule has 0 aliphatic carbocycles. The highest BCUT2D eigenvalue weighted by atomic mass is 79.9. The maximum absolute atomic E-state index is 12.3. The van der Waals surface area contributed by atoms with Crippen LogP contribution in [0.1, 0.15) is 31.4 Å². The molecule has 6 nitrogen and oxygen atoms in total. The number of benzene rings is 1. The maximum atomic E-state index is 12.3. The molecule has 0 saturated carbocycles. The van der Waals surface area contributed by atoms with Gasteiger partial charge in [0.15, 0.2) is 0 Å². The van der Waals surface area contributed by atoms with Crippen LogP contribution in [0, 0.1) is 13.8 Å². The van der Waals surface area contributed by atoms with Crippen LogP contribution < -0.4 is 10.9 Å². The zero-order chi connectivity index (χ0) is 18.7. The Kier molecular flexibility index (Phi) is 5.43. The van der Waals surface area contributed by atoms with Crippen LogP contribution in [0.5, 0.6) is 0 Å². The number of thiazole rings is 1. The normalized spacial score (nSPS) is 10.4. The van der Waals surface area contributed by atoms with Crippen molar-refractivity contribution >= 4 is 39.1 Å². The Bertz CT molecular complexity index is 987. The molecule has 26 heavy (non-hydrogen) atoms. The van der Waals surface area contributed by atoms with E-state index in [0.717, 1.165) is 15.7 Å². The molecule has 0 radical (unpaired) electrons. The number of rotatable bonds is 3. The molecular formula is C18H15BrN4O2S. The second kappa shape index (κ2) is 7.76. The Hall–Kier alpha value is -2.58. The van der Waals surface area contributed by atoms with Gasteiger partial charge in [0.25, 0.3) is 11.8 Å². The fourth-order valence-corrected chi connectivity index (χ4v) is 3.46. The molecule has 0 fully saturated rings. The third-order valence-electron chi connectivity index (χ3n) is 3.69. The smallest absolute Gasteiger partial charge is 0.267 e. The largest absolute Gasteiger partial charge is 0.281 e. The third kappa shape index (κ3) is 3.97. The molecule has 0 bridgehead atoms. The van der Waals surface area contributed by atoms with E-state index in [0.29, 0.717) is 21.8 Å². The zero-order valence-electron chi connectivity index (χ0n) is 14.0. The van der Waals surface area contributed by atoms with Gasteiger partial charge in [0.2, 0.25) is 0 Å². The predicted octanol–water partition coefficient (Wildman–Crippen LogP) is 3.66. The molecule has 0 atom stereocenters. The van der Waals surface area contributed by atoms with E-state index in [1.807, 2.05) is 24.3 Å². The summed E-state index contributed by atoms with van der Waals surface area (Å²) in [6.07, 6.45) is 0. The number of pyridine rings is 1. The van der Waals surface area contributed by atoms with Crippen LogP contribution in [0.4, 0.5) is 0 Å². The second-order valence-electron chi connectivity index (χ2n) is 5.51. The Balaban J connectivity index is 1.72. The van der Waals surface area contributed by atoms with Crippen molar-refractivity contribution in [2.75, 3.05) is 0 Å². The minimum absolute atomic E-state index is 0.394. The van der Waals surface area contributed by atoms with Gasteiger partial charge in [-0.15, -0.1) is 11.3 Å². The molecule has 3 rings (SSSR count). The molecule has 1 aromatic carbocycles. The lowest BCUT2D eigenvalue weighted by molar-refractivity contribution is 0.0847. The minimum Gasteiger partial charge on any atom is -0.267 e. The van der Waals surface area contributed by atoms with Gasteiger partial charge in [-0.1, -0.05) is 28.1 Å². The lowest BCUT2D eigenvalue weighted by atomic mass is 10.1. The number of carbonyl (C=O) groups is 2. The van der Waals surface area contributed by atoms with Gasteiger partial charge in [-0.25, -0.2) is 4.98 Å². The second-order valence-corrected chi connectivity index (χ2v) is 7.29. The van der Waals surface area contributed by atoms with Crippen molar-refractivity contribution in [2.24, 2.45) is 0 Å². The number of nitrogens with one attached hydrogen (secondary N) is 2. The van der Waals surface area contributed by atoms with Gasteiger partial charge in [0, 0.05) is 10.0 Å². The topological polar surface area (TPSA) is 84.0 Å². The molecular weight excluding hydrogens is 416 g/mol. The summed E-state index contributed by atoms with van der Waals surface area (Å²) < 4.78 is 0.956. The first-order valence-corrected chi connectivity index (χ1v) is 9.37. The number of halogens is 1. The van der Waals surface area contributed by atoms with Crippen LogP contribution >= 0.6 is 27.3 Å². The van der Waals surface area contributed by atoms with E-state index in [4.69, 9.17) is 0 Å². The molecule has 2 N–H and O–H groups in total. The van der Waals surface area contributed by atoms with Gasteiger partial charge < -0.3 is 0 Å². The highest BCUT2D eigenvalue weighted by Crippen LogP contribution is 2.22. The predicted molar refractivity (Wildman–Crippen MR) is 104 cm³/mol. The quantitative estimate of drug-likeness (QED) is 0.620. The van der Waals surface area contributed by atoms with Gasteiger partial charge in [0.1, 0.15) is 4.88 Å². The molecule has 0 unspecified atom stereocenters. The summed E-state index contributed by atoms with van der Waals surface area (Å²) >= 11 is 4.65. The van der Waals surface area contributed by atoms with Gasteiger partial charge in [0.05, 0.1) is 28.2 Å². The lowest BCUT2D eigenvalue weighted by Gasteiger charge is -2.10. The molecule has 2 aromatic heterocycles. The van der Waals surface area contributed by atoms with Crippen molar-refractivity contribution in [1.29, 1.82) is 0 Å². The molecule has 0 spiro atoms. The van der Waals surface area contributed by atoms with E-state index in [-0.39, 0.29) is 0 Å². The number of aromatic nitrogens is 2. The molecule has 3 aromatic rings. The highest BCUT2D eigenvalue weighted by Gasteiger charge is 2.15. The molecule has 0 aliphatic heterocycles. The third-order valence-corrected chi connectivity index (χ3v) is 5.11. The van der Waals surface area contributed by atoms with E-state index in [1.54, 1.807) is 31.5 Å². The Labute approximate surface area is 162 Å². The van der Waals surface area contributed by atoms with E-state index in [1.165, 1.54) is 11.3 Å². The summed E-state index contributed by atoms with van der Waals surface area (Å²) in [7, 11) is 0. The Morgan fingerprint density at radius 3 is 2.46 bits per heavy atom. The van der Waals surface area contributed by atoms with E-state index in [2.05, 4.69) is 36.7 Å². The standard InChI is InChI=1S/C18H15BrN4O2S/c1-10-14(6-7-15(21-10)12-4-3-5-13(19)8-12)17(24)22-23-18(25)16-11(2)20-9-26-16/h3-9H,1-2H3,(H,22,24)(H,23,25). The van der Waals surface area contributed by atoms with Crippen molar-refractivity contribution in [3.63, 3.8) is 0 Å². The summed E-state index contributed by atoms with van der Waals surface area (Å²) in [6, 6.07) is 11.2. The number of hydrogen-bond donors (Lipinski definition) is 2. The SMILES string of the molecule is Cc1nc(-c2cccc(Br)c2)ccc1C(=O)NNC(=O)c1scnc1C. The van der Waals surface area contributed by atoms with Crippen LogP contribution in [0.15, 0.2) is 46.4 Å². The van der Waals surface area contributed by atoms with Crippen LogP contribution in [0.25, 0.3) is 11.3 Å². The van der Waals surface area contributed by atoms with E-state index in [9.17, 15) is 9.59 Å². The average molecular weight is 431 g/mol. The lowest BCUT2D eigenvalue weighted by Crippen LogP contribution is -2.41. The first kappa shape index (κ1) is 18.2. The van der Waals surface area contributed by atoms with Crippen molar-refractivity contribution < 1.29 is 9.59 Å². The van der Waals surface area contributed by atoms with Gasteiger partial charge in [-0.2, -0.15) is 0 Å². The Morgan fingerprint density at radius 1 is 1.04 bits per heavy atom. The van der Waals surface area contributed by atoms with Crippen LogP contribution in [-0.2, 0) is 0 Å². The number of hydrogen-bond acceptors (Lipinski definition) is 5. The first-order valence-electron chi connectivity index (χ1n) is 7.70. The fraction of sp³-hybridized carbons (Fsp3) is 0.111. The number of hydrazine groups is 1. The summed E-state index contributed by atoms with van der Waals surface area (Å²) in [5.74, 6) is -0.818. The molecule has 2 amide bonds. The zero-order valence-corrected chi connectivity index (χ0v) is 16.4. The van der Waals surface area contributed by atoms with Gasteiger partial charge >= 0.3 is 0 Å². The molecule has 132 valence electrons. The van der Waals surface area contributed by atoms with Crippen molar-refractivity contribution in [3.8, 4) is 11.3 Å². The van der Waals surface area contributed by atoms with Gasteiger partial charge in [-0.05, 0) is 38.1 Å². The first-order chi connectivity index (χ1) is 12.5. The summed E-state index contributed by atoms with van der Waals surface area (Å²) in [6.45, 7) is 3.49. The summed E-state index contributed by atoms with van der Waals surface area (Å²) in [4.78, 5) is 33.4. The molecule has 0 saturated heterocycles. The number of aryl methyl sites for hydroxylation is 2. The van der Waals surface area contributed by atoms with Crippen molar-refractivity contribution in [2.45, 2.75) is 13.8 Å². The van der Waals surface area contributed by atoms with E-state index < -0.39 is 11.8 Å². The average Bonchev–Trinajstić information content (AvgIpc) is 3.05. The van der Waals surface area contributed by atoms with Crippen LogP contribution in [0.3, 0.4) is 0 Å². The van der Waals surface area contributed by atoms with Crippen LogP contribution in [-0.4, -0.2) is 21.8 Å². The Morgan fingerprint density at radius 2 is 1.81 bits per heavy atom. The fourth-order valence-electron chi connectivity index (χ4n) is 2.37. The van der Waals surface area contributed by atoms with E-state index >= 15 is 0 Å². The number of amides is 2. The maximum Gasteiger partial charge on any atom is 0.281 e. The van der Waals surface area contributed by atoms with Crippen molar-refractivity contribution in [3.05, 3.63) is 68.2 Å². The number of carbonyl (C=O) groups excluding carboxylic acids is 2. The highest BCUT2D eigenvalue weighted by molar-refractivity contribution is 9.10. The number of nitrogens with zero attached hydrogens (tertiary/aromatic N) is 2. The molecule has 2 heterocycles. The monoisotopic (exact) mass is 430 g/mol. The summed E-state index contributed by atoms with van der Waals surface area (Å²) in [5, 5.41) is 0. The minimum atomic E-state index is -0.425. The molecule has 8 heteroatoms. The molecule has 0 aliphatic rings. The van der Waals surface area contributed by atoms with Crippen LogP contribution in [0.2, 0.25) is 0 Å². The van der Waals surface area contributed by atoms with Gasteiger partial charge in [-0.3, -0.25) is 25.4 Å². The van der Waals surface area contributed by atoms with Crippen molar-refractivity contribution in [1.82, 2.24) is 20.8 Å². The summed E-state index contributed by atoms with van der Waals surface area (Å²) in [5.41, 5.74) is 9.71.